The van der Waals surface area contributed by atoms with Gasteiger partial charge in [0.1, 0.15) is 11.6 Å². The van der Waals surface area contributed by atoms with E-state index in [0.29, 0.717) is 0 Å². The van der Waals surface area contributed by atoms with Gasteiger partial charge in [0.2, 0.25) is 0 Å². The number of halogens is 5. The highest BCUT2D eigenvalue weighted by molar-refractivity contribution is 6.32. The number of hydrogen-bond donors (Lipinski definition) is 1. The molecule has 21 heavy (non-hydrogen) atoms. The van der Waals surface area contributed by atoms with Crippen LogP contribution in [0.4, 0.5) is 23.2 Å². The summed E-state index contributed by atoms with van der Waals surface area (Å²) in [6.07, 6.45) is -5.26. The van der Waals surface area contributed by atoms with Crippen molar-refractivity contribution in [1.82, 2.24) is 0 Å². The van der Waals surface area contributed by atoms with Gasteiger partial charge >= 0.3 is 6.18 Å². The van der Waals surface area contributed by atoms with E-state index in [1.165, 1.54) is 0 Å². The average molecular weight is 327 g/mol. The summed E-state index contributed by atoms with van der Waals surface area (Å²) in [5.41, 5.74) is 1.72. The zero-order valence-electron chi connectivity index (χ0n) is 11.0. The average Bonchev–Trinajstić information content (AvgIpc) is 2.32. The SMILES string of the molecule is CC(C)Oc1cc(N/N=C\C(=O)C(F)(F)F)c(F)cc1Cl. The van der Waals surface area contributed by atoms with E-state index in [1.54, 1.807) is 13.8 Å². The summed E-state index contributed by atoms with van der Waals surface area (Å²) >= 11 is 5.76. The number of anilines is 1. The van der Waals surface area contributed by atoms with Crippen LogP contribution in [0.1, 0.15) is 13.8 Å². The molecule has 0 aromatic heterocycles. The minimum absolute atomic E-state index is 0.00194. The van der Waals surface area contributed by atoms with Crippen molar-refractivity contribution in [1.29, 1.82) is 0 Å². The Hall–Kier alpha value is -1.83. The van der Waals surface area contributed by atoms with Gasteiger partial charge in [-0.3, -0.25) is 10.2 Å². The van der Waals surface area contributed by atoms with Gasteiger partial charge in [0.05, 0.1) is 23.0 Å². The lowest BCUT2D eigenvalue weighted by molar-refractivity contribution is -0.162. The van der Waals surface area contributed by atoms with Gasteiger partial charge in [-0.25, -0.2) is 4.39 Å². The van der Waals surface area contributed by atoms with Crippen molar-refractivity contribution in [2.45, 2.75) is 26.1 Å². The number of hydrogen-bond acceptors (Lipinski definition) is 4. The number of ether oxygens (including phenoxy) is 1. The number of ketones is 1. The Morgan fingerprint density at radius 3 is 2.57 bits per heavy atom. The van der Waals surface area contributed by atoms with Gasteiger partial charge in [0.25, 0.3) is 5.78 Å². The first-order chi connectivity index (χ1) is 9.61. The number of rotatable bonds is 5. The standard InChI is InChI=1S/C12H11ClF4N2O2/c1-6(2)21-10-4-9(8(14)3-7(10)13)19-18-5-11(20)12(15,16)17/h3-6,19H,1-2H3/b18-5-. The molecule has 0 heterocycles. The molecule has 0 radical (unpaired) electrons. The highest BCUT2D eigenvalue weighted by atomic mass is 35.5. The van der Waals surface area contributed by atoms with Crippen molar-refractivity contribution in [3.05, 3.63) is 23.0 Å². The Morgan fingerprint density at radius 1 is 1.43 bits per heavy atom. The normalized spacial score (nSPS) is 12.0. The molecule has 0 fully saturated rings. The van der Waals surface area contributed by atoms with E-state index in [0.717, 1.165) is 12.1 Å². The number of nitrogens with zero attached hydrogens (tertiary/aromatic N) is 1. The van der Waals surface area contributed by atoms with Crippen LogP contribution in [0, 0.1) is 5.82 Å². The van der Waals surface area contributed by atoms with Crippen LogP contribution < -0.4 is 10.2 Å². The number of carbonyl (C=O) groups excluding carboxylic acids is 1. The Morgan fingerprint density at radius 2 is 2.05 bits per heavy atom. The second kappa shape index (κ2) is 6.75. The number of hydrazone groups is 1. The number of carbonyl (C=O) groups is 1. The molecule has 4 nitrogen and oxygen atoms in total. The van der Waals surface area contributed by atoms with E-state index in [9.17, 15) is 22.4 Å². The predicted molar refractivity (Wildman–Crippen MR) is 70.4 cm³/mol. The smallest absolute Gasteiger partial charge is 0.455 e. The minimum Gasteiger partial charge on any atom is -0.489 e. The van der Waals surface area contributed by atoms with Crippen molar-refractivity contribution in [2.24, 2.45) is 5.10 Å². The molecule has 116 valence electrons. The molecule has 0 spiro atoms. The van der Waals surface area contributed by atoms with Gasteiger partial charge < -0.3 is 4.74 Å². The number of benzene rings is 1. The van der Waals surface area contributed by atoms with Crippen LogP contribution in [0.2, 0.25) is 5.02 Å². The monoisotopic (exact) mass is 326 g/mol. The minimum atomic E-state index is -5.03. The van der Waals surface area contributed by atoms with E-state index in [4.69, 9.17) is 16.3 Å². The zero-order valence-corrected chi connectivity index (χ0v) is 11.7. The molecule has 0 unspecified atom stereocenters. The van der Waals surface area contributed by atoms with Crippen molar-refractivity contribution in [2.75, 3.05) is 5.43 Å². The largest absolute Gasteiger partial charge is 0.489 e. The molecule has 1 N–H and O–H groups in total. The Kier molecular flexibility index (Phi) is 5.54. The lowest BCUT2D eigenvalue weighted by Crippen LogP contribution is -2.24. The van der Waals surface area contributed by atoms with Crippen LogP contribution in [0.25, 0.3) is 0 Å². The molecule has 9 heteroatoms. The fourth-order valence-corrected chi connectivity index (χ4v) is 1.39. The molecular formula is C12H11ClF4N2O2. The van der Waals surface area contributed by atoms with Crippen LogP contribution in [-0.2, 0) is 4.79 Å². The Balaban J connectivity index is 2.89. The molecule has 0 aliphatic rings. The van der Waals surface area contributed by atoms with Crippen molar-refractivity contribution in [3.8, 4) is 5.75 Å². The molecule has 0 saturated carbocycles. The highest BCUT2D eigenvalue weighted by Gasteiger charge is 2.36. The van der Waals surface area contributed by atoms with Gasteiger partial charge in [-0.1, -0.05) is 11.6 Å². The maximum absolute atomic E-state index is 13.5. The van der Waals surface area contributed by atoms with Crippen molar-refractivity contribution < 1.29 is 27.1 Å². The molecule has 0 aliphatic carbocycles. The third-order valence-corrected chi connectivity index (χ3v) is 2.33. The van der Waals surface area contributed by atoms with E-state index in [-0.39, 0.29) is 28.8 Å². The summed E-state index contributed by atoms with van der Waals surface area (Å²) in [5, 5.41) is 3.04. The topological polar surface area (TPSA) is 50.7 Å². The second-order valence-electron chi connectivity index (χ2n) is 4.16. The first kappa shape index (κ1) is 17.2. The van der Waals surface area contributed by atoms with Crippen molar-refractivity contribution in [3.63, 3.8) is 0 Å². The summed E-state index contributed by atoms with van der Waals surface area (Å²) in [4.78, 5) is 10.6. The molecule has 1 aromatic rings. The summed E-state index contributed by atoms with van der Waals surface area (Å²) in [6, 6.07) is 2.05. The third-order valence-electron chi connectivity index (χ3n) is 2.03. The molecule has 0 bridgehead atoms. The van der Waals surface area contributed by atoms with Crippen molar-refractivity contribution >= 4 is 29.3 Å². The molecule has 0 aliphatic heterocycles. The Bertz CT molecular complexity index is 559. The summed E-state index contributed by atoms with van der Waals surface area (Å²) < 4.78 is 54.6. The van der Waals surface area contributed by atoms with E-state index in [1.807, 2.05) is 5.43 Å². The predicted octanol–water partition coefficient (Wildman–Crippen LogP) is 3.80. The summed E-state index contributed by atoms with van der Waals surface area (Å²) in [6.45, 7) is 3.43. The number of alkyl halides is 3. The molecule has 1 aromatic carbocycles. The fraction of sp³-hybridized carbons (Fsp3) is 0.333. The van der Waals surface area contributed by atoms with Gasteiger partial charge in [-0.05, 0) is 19.9 Å². The van der Waals surface area contributed by atoms with Crippen LogP contribution in [0.5, 0.6) is 5.75 Å². The Labute approximate surface area is 122 Å². The fourth-order valence-electron chi connectivity index (χ4n) is 1.19. The number of nitrogens with one attached hydrogen (secondary N) is 1. The first-order valence-corrected chi connectivity index (χ1v) is 6.05. The first-order valence-electron chi connectivity index (χ1n) is 5.67. The van der Waals surface area contributed by atoms with Crippen LogP contribution in [0.15, 0.2) is 17.2 Å². The van der Waals surface area contributed by atoms with Gasteiger partial charge in [-0.15, -0.1) is 0 Å². The van der Waals surface area contributed by atoms with Gasteiger partial charge in [-0.2, -0.15) is 18.3 Å². The van der Waals surface area contributed by atoms with Gasteiger partial charge in [0.15, 0.2) is 0 Å². The van der Waals surface area contributed by atoms with Gasteiger partial charge in [0, 0.05) is 6.07 Å². The summed E-state index contributed by atoms with van der Waals surface area (Å²) in [7, 11) is 0. The van der Waals surface area contributed by atoms with E-state index in [2.05, 4.69) is 5.10 Å². The lowest BCUT2D eigenvalue weighted by atomic mass is 10.3. The molecule has 0 amide bonds. The zero-order chi connectivity index (χ0) is 16.2. The second-order valence-corrected chi connectivity index (χ2v) is 4.57. The third kappa shape index (κ3) is 5.22. The van der Waals surface area contributed by atoms with E-state index < -0.39 is 17.8 Å². The van der Waals surface area contributed by atoms with Crippen LogP contribution in [-0.4, -0.2) is 24.3 Å². The molecular weight excluding hydrogens is 316 g/mol. The number of Topliss-reactive ketones (excluding diaryl/α,β-unsaturated/α-hetero) is 1. The molecule has 0 atom stereocenters. The van der Waals surface area contributed by atoms with Crippen LogP contribution >= 0.6 is 11.6 Å². The maximum atomic E-state index is 13.5. The maximum Gasteiger partial charge on any atom is 0.455 e. The lowest BCUT2D eigenvalue weighted by Gasteiger charge is -2.13. The summed E-state index contributed by atoms with van der Waals surface area (Å²) in [5.74, 6) is -2.89. The van der Waals surface area contributed by atoms with Crippen LogP contribution in [0.3, 0.4) is 0 Å². The molecule has 0 saturated heterocycles. The quantitative estimate of drug-likeness (QED) is 0.509. The van der Waals surface area contributed by atoms with E-state index >= 15 is 0 Å². The molecule has 1 rings (SSSR count). The highest BCUT2D eigenvalue weighted by Crippen LogP contribution is 2.31.